The maximum absolute atomic E-state index is 11.0. The third-order valence-electron chi connectivity index (χ3n) is 1.33. The van der Waals surface area contributed by atoms with Gasteiger partial charge in [-0.05, 0) is 6.42 Å². The smallest absolute Gasteiger partial charge is 0.311 e. The molecule has 0 fully saturated rings. The Labute approximate surface area is 87.3 Å². The summed E-state index contributed by atoms with van der Waals surface area (Å²) >= 11 is 1.42. The monoisotopic (exact) mass is 221 g/mol. The van der Waals surface area contributed by atoms with Gasteiger partial charge in [-0.1, -0.05) is 6.92 Å². The van der Waals surface area contributed by atoms with Crippen molar-refractivity contribution in [2.45, 2.75) is 19.8 Å². The van der Waals surface area contributed by atoms with Gasteiger partial charge in [0, 0.05) is 17.2 Å². The molecule has 0 saturated carbocycles. The summed E-state index contributed by atoms with van der Waals surface area (Å²) in [5.74, 6) is 0.265. The zero-order valence-corrected chi connectivity index (χ0v) is 8.91. The maximum Gasteiger partial charge on any atom is 0.311 e. The molecule has 0 bridgehead atoms. The van der Waals surface area contributed by atoms with E-state index >= 15 is 0 Å². The number of hydrogen-bond donors (Lipinski definition) is 1. The number of halogens is 1. The standard InChI is InChI=1S/C8H11NO2S.ClH/c1-2-3-8(10)11-7-5-12-4-6(7)9;/h4-5H,2-3,9H2,1H3;1H. The summed E-state index contributed by atoms with van der Waals surface area (Å²) in [6, 6.07) is 0. The van der Waals surface area contributed by atoms with E-state index in [2.05, 4.69) is 0 Å². The fourth-order valence-electron chi connectivity index (χ4n) is 0.756. The lowest BCUT2D eigenvalue weighted by Crippen LogP contribution is -2.07. The SMILES string of the molecule is CCCC(=O)Oc1cscc1N.Cl. The normalized spacial score (nSPS) is 9.00. The first kappa shape index (κ1) is 12.3. The van der Waals surface area contributed by atoms with E-state index in [1.165, 1.54) is 11.3 Å². The molecule has 3 nitrogen and oxygen atoms in total. The number of anilines is 1. The predicted molar refractivity (Wildman–Crippen MR) is 56.5 cm³/mol. The number of thiophene rings is 1. The van der Waals surface area contributed by atoms with Crippen molar-refractivity contribution < 1.29 is 9.53 Å². The molecule has 0 saturated heterocycles. The van der Waals surface area contributed by atoms with Gasteiger partial charge in [0.05, 0.1) is 5.69 Å². The third-order valence-corrected chi connectivity index (χ3v) is 2.07. The number of nitrogens with two attached hydrogens (primary N) is 1. The van der Waals surface area contributed by atoms with E-state index in [-0.39, 0.29) is 18.4 Å². The van der Waals surface area contributed by atoms with Crippen molar-refractivity contribution in [2.75, 3.05) is 5.73 Å². The molecule has 1 rings (SSSR count). The van der Waals surface area contributed by atoms with Crippen LogP contribution in [0.25, 0.3) is 0 Å². The zero-order valence-electron chi connectivity index (χ0n) is 7.28. The molecule has 0 atom stereocenters. The van der Waals surface area contributed by atoms with Crippen LogP contribution in [-0.2, 0) is 4.79 Å². The molecule has 0 spiro atoms. The summed E-state index contributed by atoms with van der Waals surface area (Å²) in [6.45, 7) is 1.93. The number of hydrogen-bond acceptors (Lipinski definition) is 4. The van der Waals surface area contributed by atoms with Gasteiger partial charge in [0.2, 0.25) is 0 Å². The van der Waals surface area contributed by atoms with Crippen molar-refractivity contribution in [3.05, 3.63) is 10.8 Å². The Bertz CT molecular complexity index is 275. The molecule has 0 aliphatic carbocycles. The average Bonchev–Trinajstić information content (AvgIpc) is 2.37. The van der Waals surface area contributed by atoms with Crippen molar-refractivity contribution in [2.24, 2.45) is 0 Å². The first-order valence-corrected chi connectivity index (χ1v) is 4.70. The summed E-state index contributed by atoms with van der Waals surface area (Å²) in [6.07, 6.45) is 1.23. The largest absolute Gasteiger partial charge is 0.423 e. The molecule has 74 valence electrons. The van der Waals surface area contributed by atoms with Gasteiger partial charge in [-0.3, -0.25) is 4.79 Å². The number of carbonyl (C=O) groups is 1. The molecule has 2 N–H and O–H groups in total. The molecule has 13 heavy (non-hydrogen) atoms. The highest BCUT2D eigenvalue weighted by molar-refractivity contribution is 7.08. The highest BCUT2D eigenvalue weighted by atomic mass is 35.5. The number of esters is 1. The van der Waals surface area contributed by atoms with E-state index in [4.69, 9.17) is 10.5 Å². The van der Waals surface area contributed by atoms with Gasteiger partial charge >= 0.3 is 5.97 Å². The van der Waals surface area contributed by atoms with Crippen LogP contribution in [0.1, 0.15) is 19.8 Å². The Morgan fingerprint density at radius 3 is 2.77 bits per heavy atom. The van der Waals surface area contributed by atoms with E-state index in [1.807, 2.05) is 6.92 Å². The van der Waals surface area contributed by atoms with Crippen molar-refractivity contribution in [1.29, 1.82) is 0 Å². The van der Waals surface area contributed by atoms with Crippen LogP contribution in [0.3, 0.4) is 0 Å². The molecule has 0 unspecified atom stereocenters. The van der Waals surface area contributed by atoms with E-state index in [1.54, 1.807) is 10.8 Å². The summed E-state index contributed by atoms with van der Waals surface area (Å²) < 4.78 is 4.97. The van der Waals surface area contributed by atoms with Crippen LogP contribution in [0.15, 0.2) is 10.8 Å². The Hall–Kier alpha value is -0.740. The van der Waals surface area contributed by atoms with Gasteiger partial charge in [0.15, 0.2) is 5.75 Å². The second-order valence-corrected chi connectivity index (χ2v) is 3.16. The van der Waals surface area contributed by atoms with E-state index in [0.717, 1.165) is 6.42 Å². The highest BCUT2D eigenvalue weighted by Gasteiger charge is 2.06. The van der Waals surface area contributed by atoms with Gasteiger partial charge in [-0.2, -0.15) is 0 Å². The Balaban J connectivity index is 0.00000144. The number of nitrogen functional groups attached to an aromatic ring is 1. The molecule has 0 radical (unpaired) electrons. The first-order valence-electron chi connectivity index (χ1n) is 3.76. The summed E-state index contributed by atoms with van der Waals surface area (Å²) in [5, 5.41) is 3.47. The lowest BCUT2D eigenvalue weighted by atomic mass is 10.3. The molecular formula is C8H12ClNO2S. The lowest BCUT2D eigenvalue weighted by Gasteiger charge is -2.00. The number of carbonyl (C=O) groups excluding carboxylic acids is 1. The minimum Gasteiger partial charge on any atom is -0.423 e. The van der Waals surface area contributed by atoms with Crippen LogP contribution in [0.5, 0.6) is 5.75 Å². The number of ether oxygens (including phenoxy) is 1. The Morgan fingerprint density at radius 2 is 2.31 bits per heavy atom. The van der Waals surface area contributed by atoms with Gasteiger partial charge in [0.1, 0.15) is 0 Å². The second-order valence-electron chi connectivity index (χ2n) is 2.42. The van der Waals surface area contributed by atoms with Crippen LogP contribution in [-0.4, -0.2) is 5.97 Å². The van der Waals surface area contributed by atoms with Gasteiger partial charge in [-0.25, -0.2) is 0 Å². The molecule has 0 amide bonds. The van der Waals surface area contributed by atoms with Crippen LogP contribution in [0.4, 0.5) is 5.69 Å². The van der Waals surface area contributed by atoms with Crippen LogP contribution in [0.2, 0.25) is 0 Å². The van der Waals surface area contributed by atoms with Gasteiger partial charge in [-0.15, -0.1) is 23.7 Å². The van der Waals surface area contributed by atoms with Gasteiger partial charge in [0.25, 0.3) is 0 Å². The number of rotatable bonds is 3. The molecule has 0 aromatic carbocycles. The minimum absolute atomic E-state index is 0. The molecule has 5 heteroatoms. The fourth-order valence-corrected chi connectivity index (χ4v) is 1.39. The van der Waals surface area contributed by atoms with Crippen molar-refractivity contribution >= 4 is 35.4 Å². The third kappa shape index (κ3) is 3.65. The van der Waals surface area contributed by atoms with Crippen molar-refractivity contribution in [3.8, 4) is 5.75 Å². The molecular weight excluding hydrogens is 210 g/mol. The second kappa shape index (κ2) is 5.83. The molecule has 0 aliphatic heterocycles. The van der Waals surface area contributed by atoms with Crippen LogP contribution < -0.4 is 10.5 Å². The van der Waals surface area contributed by atoms with E-state index in [9.17, 15) is 4.79 Å². The van der Waals surface area contributed by atoms with Crippen LogP contribution in [0, 0.1) is 0 Å². The van der Waals surface area contributed by atoms with Crippen LogP contribution >= 0.6 is 23.7 Å². The topological polar surface area (TPSA) is 52.3 Å². The molecule has 0 aliphatic rings. The van der Waals surface area contributed by atoms with E-state index < -0.39 is 0 Å². The highest BCUT2D eigenvalue weighted by Crippen LogP contribution is 2.25. The lowest BCUT2D eigenvalue weighted by molar-refractivity contribution is -0.134. The van der Waals surface area contributed by atoms with Crippen molar-refractivity contribution in [3.63, 3.8) is 0 Å². The fraction of sp³-hybridized carbons (Fsp3) is 0.375. The quantitative estimate of drug-likeness (QED) is 0.798. The Kier molecular flexibility index (Phi) is 5.50. The molecule has 1 aromatic heterocycles. The molecule has 1 aromatic rings. The van der Waals surface area contributed by atoms with E-state index in [0.29, 0.717) is 17.9 Å². The molecule has 1 heterocycles. The predicted octanol–water partition coefficient (Wildman–Crippen LogP) is 2.46. The summed E-state index contributed by atoms with van der Waals surface area (Å²) in [5.41, 5.74) is 6.05. The average molecular weight is 222 g/mol. The van der Waals surface area contributed by atoms with Crippen molar-refractivity contribution in [1.82, 2.24) is 0 Å². The first-order chi connectivity index (χ1) is 5.74. The zero-order chi connectivity index (χ0) is 8.97. The maximum atomic E-state index is 11.0. The van der Waals surface area contributed by atoms with Gasteiger partial charge < -0.3 is 10.5 Å². The Morgan fingerprint density at radius 1 is 1.62 bits per heavy atom. The summed E-state index contributed by atoms with van der Waals surface area (Å²) in [4.78, 5) is 11.0. The minimum atomic E-state index is -0.220. The summed E-state index contributed by atoms with van der Waals surface area (Å²) in [7, 11) is 0.